The molecule has 4 rings (SSSR count). The maximum Gasteiger partial charge on any atom is 0.191 e. The van der Waals surface area contributed by atoms with Crippen LogP contribution in [0.5, 0.6) is 0 Å². The van der Waals surface area contributed by atoms with Gasteiger partial charge in [-0.3, -0.25) is 0 Å². The van der Waals surface area contributed by atoms with Gasteiger partial charge in [-0.05, 0) is 35.9 Å². The van der Waals surface area contributed by atoms with E-state index in [-0.39, 0.29) is 5.96 Å². The molecule has 0 saturated carbocycles. The smallest absolute Gasteiger partial charge is 0.191 e. The molecule has 0 fully saturated rings. The summed E-state index contributed by atoms with van der Waals surface area (Å²) < 4.78 is 0. The highest BCUT2D eigenvalue weighted by atomic mass is 15.0. The van der Waals surface area contributed by atoms with Crippen molar-refractivity contribution in [1.29, 1.82) is 0 Å². The number of fused-ring (bicyclic) bond motifs is 2. The Hall–Kier alpha value is -3.41. The number of nitrogen functional groups attached to an aromatic ring is 1. The van der Waals surface area contributed by atoms with Crippen LogP contribution in [0.25, 0.3) is 22.6 Å². The standard InChI is InChI=1S/C18H18N6/c19-15-3-1-2-13-10(9-23-17(13)15)6-11-8-22-16-5-4-12(7-14(11)16)24-18(20)21/h1-8,22-23H,9,19H2,(H4,20,21,24). The van der Waals surface area contributed by atoms with Crippen molar-refractivity contribution in [2.24, 2.45) is 16.5 Å². The van der Waals surface area contributed by atoms with Gasteiger partial charge in [0.05, 0.1) is 17.1 Å². The van der Waals surface area contributed by atoms with Gasteiger partial charge in [-0.25, -0.2) is 4.99 Å². The molecule has 0 spiro atoms. The van der Waals surface area contributed by atoms with Gasteiger partial charge in [-0.2, -0.15) is 0 Å². The van der Waals surface area contributed by atoms with Crippen molar-refractivity contribution in [3.8, 4) is 0 Å². The zero-order chi connectivity index (χ0) is 16.7. The molecule has 0 saturated heterocycles. The largest absolute Gasteiger partial charge is 0.397 e. The van der Waals surface area contributed by atoms with Crippen molar-refractivity contribution >= 4 is 45.6 Å². The summed E-state index contributed by atoms with van der Waals surface area (Å²) in [5, 5.41) is 4.43. The number of nitrogens with two attached hydrogens (primary N) is 3. The highest BCUT2D eigenvalue weighted by molar-refractivity contribution is 6.01. The minimum Gasteiger partial charge on any atom is -0.397 e. The second kappa shape index (κ2) is 5.34. The lowest BCUT2D eigenvalue weighted by Gasteiger charge is -2.02. The van der Waals surface area contributed by atoms with Crippen LogP contribution >= 0.6 is 0 Å². The third kappa shape index (κ3) is 2.34. The van der Waals surface area contributed by atoms with Gasteiger partial charge in [0.2, 0.25) is 0 Å². The van der Waals surface area contributed by atoms with E-state index in [0.717, 1.165) is 45.6 Å². The number of anilines is 2. The molecule has 0 atom stereocenters. The van der Waals surface area contributed by atoms with Crippen molar-refractivity contribution in [3.05, 3.63) is 53.7 Å². The number of hydrogen-bond acceptors (Lipinski definition) is 3. The number of nitrogens with one attached hydrogen (secondary N) is 2. The summed E-state index contributed by atoms with van der Waals surface area (Å²) in [5.74, 6) is 0.0502. The third-order valence-corrected chi connectivity index (χ3v) is 4.18. The van der Waals surface area contributed by atoms with E-state index in [1.807, 2.05) is 36.5 Å². The minimum absolute atomic E-state index is 0.0502. The maximum absolute atomic E-state index is 6.03. The molecule has 24 heavy (non-hydrogen) atoms. The molecular weight excluding hydrogens is 300 g/mol. The number of rotatable bonds is 2. The van der Waals surface area contributed by atoms with Gasteiger partial charge in [0.1, 0.15) is 0 Å². The molecule has 0 unspecified atom stereocenters. The zero-order valence-electron chi connectivity index (χ0n) is 13.0. The summed E-state index contributed by atoms with van der Waals surface area (Å²) in [4.78, 5) is 7.40. The van der Waals surface area contributed by atoms with Gasteiger partial charge in [0.25, 0.3) is 0 Å². The number of aliphatic imine (C=N–C) groups is 1. The Balaban J connectivity index is 1.81. The van der Waals surface area contributed by atoms with Gasteiger partial charge in [0.15, 0.2) is 5.96 Å². The molecule has 0 amide bonds. The van der Waals surface area contributed by atoms with Gasteiger partial charge in [-0.1, -0.05) is 12.1 Å². The first-order valence-electron chi connectivity index (χ1n) is 7.66. The number of H-pyrrole nitrogens is 1. The SMILES string of the molecule is NC(N)=Nc1ccc2[nH]cc(C=C3CNc4c(N)cccc43)c2c1. The van der Waals surface area contributed by atoms with E-state index in [1.165, 1.54) is 5.57 Å². The summed E-state index contributed by atoms with van der Waals surface area (Å²) in [6, 6.07) is 11.8. The fraction of sp³-hybridized carbons (Fsp3) is 0.0556. The lowest BCUT2D eigenvalue weighted by Crippen LogP contribution is -2.21. The van der Waals surface area contributed by atoms with Gasteiger partial charge in [0, 0.05) is 34.8 Å². The van der Waals surface area contributed by atoms with E-state index in [0.29, 0.717) is 0 Å². The van der Waals surface area contributed by atoms with E-state index in [1.54, 1.807) is 0 Å². The van der Waals surface area contributed by atoms with Crippen LogP contribution in [0.3, 0.4) is 0 Å². The lowest BCUT2D eigenvalue weighted by atomic mass is 10.0. The molecular formula is C18H18N6. The molecule has 6 nitrogen and oxygen atoms in total. The predicted molar refractivity (Wildman–Crippen MR) is 101 cm³/mol. The number of aromatic nitrogens is 1. The Bertz CT molecular complexity index is 992. The normalized spacial score (nSPS) is 14.6. The second-order valence-corrected chi connectivity index (χ2v) is 5.80. The summed E-state index contributed by atoms with van der Waals surface area (Å²) in [7, 11) is 0. The quantitative estimate of drug-likeness (QED) is 0.283. The molecule has 1 aliphatic heterocycles. The second-order valence-electron chi connectivity index (χ2n) is 5.80. The number of benzene rings is 2. The maximum atomic E-state index is 6.03. The fourth-order valence-electron chi connectivity index (χ4n) is 3.10. The number of nitrogens with zero attached hydrogens (tertiary/aromatic N) is 1. The molecule has 1 aliphatic rings. The molecule has 120 valence electrons. The Morgan fingerprint density at radius 2 is 2.04 bits per heavy atom. The topological polar surface area (TPSA) is 118 Å². The average Bonchev–Trinajstić information content (AvgIpc) is 3.13. The molecule has 0 aliphatic carbocycles. The first-order valence-corrected chi connectivity index (χ1v) is 7.66. The molecule has 6 heteroatoms. The molecule has 2 heterocycles. The Morgan fingerprint density at radius 3 is 2.88 bits per heavy atom. The monoisotopic (exact) mass is 318 g/mol. The van der Waals surface area contributed by atoms with Gasteiger partial charge >= 0.3 is 0 Å². The first-order chi connectivity index (χ1) is 11.6. The van der Waals surface area contributed by atoms with E-state index < -0.39 is 0 Å². The van der Waals surface area contributed by atoms with E-state index >= 15 is 0 Å². The Morgan fingerprint density at radius 1 is 1.17 bits per heavy atom. The highest BCUT2D eigenvalue weighted by Crippen LogP contribution is 2.37. The van der Waals surface area contributed by atoms with Crippen LogP contribution in [-0.4, -0.2) is 17.5 Å². The Labute approximate surface area is 139 Å². The summed E-state index contributed by atoms with van der Waals surface area (Å²) >= 11 is 0. The van der Waals surface area contributed by atoms with Crippen LogP contribution in [-0.2, 0) is 0 Å². The zero-order valence-corrected chi connectivity index (χ0v) is 13.0. The van der Waals surface area contributed by atoms with Crippen molar-refractivity contribution in [2.45, 2.75) is 0 Å². The van der Waals surface area contributed by atoms with Crippen LogP contribution < -0.4 is 22.5 Å². The summed E-state index contributed by atoms with van der Waals surface area (Å²) in [5.41, 5.74) is 23.9. The summed E-state index contributed by atoms with van der Waals surface area (Å²) in [6.45, 7) is 0.754. The number of hydrogen-bond donors (Lipinski definition) is 5. The average molecular weight is 318 g/mol. The number of aromatic amines is 1. The predicted octanol–water partition coefficient (Wildman–Crippen LogP) is 2.62. The third-order valence-electron chi connectivity index (χ3n) is 4.18. The lowest BCUT2D eigenvalue weighted by molar-refractivity contribution is 1.42. The minimum atomic E-state index is 0.0502. The van der Waals surface area contributed by atoms with Crippen molar-refractivity contribution in [1.82, 2.24) is 4.98 Å². The Kier molecular flexibility index (Phi) is 3.16. The number of guanidine groups is 1. The summed E-state index contributed by atoms with van der Waals surface area (Å²) in [6.07, 6.45) is 4.15. The van der Waals surface area contributed by atoms with Gasteiger partial charge in [-0.15, -0.1) is 0 Å². The van der Waals surface area contributed by atoms with Crippen molar-refractivity contribution in [3.63, 3.8) is 0 Å². The molecule has 2 aromatic carbocycles. The molecule has 3 aromatic rings. The fourth-order valence-corrected chi connectivity index (χ4v) is 3.10. The molecule has 1 aromatic heterocycles. The van der Waals surface area contributed by atoms with E-state index in [2.05, 4.69) is 27.4 Å². The van der Waals surface area contributed by atoms with E-state index in [9.17, 15) is 0 Å². The van der Waals surface area contributed by atoms with Crippen LogP contribution in [0.4, 0.5) is 17.1 Å². The van der Waals surface area contributed by atoms with Crippen LogP contribution in [0, 0.1) is 0 Å². The van der Waals surface area contributed by atoms with Crippen LogP contribution in [0.1, 0.15) is 11.1 Å². The molecule has 0 bridgehead atoms. The highest BCUT2D eigenvalue weighted by Gasteiger charge is 2.17. The number of para-hydroxylation sites is 1. The molecule has 0 radical (unpaired) electrons. The van der Waals surface area contributed by atoms with Crippen molar-refractivity contribution < 1.29 is 0 Å². The van der Waals surface area contributed by atoms with Crippen LogP contribution in [0.15, 0.2) is 47.6 Å². The van der Waals surface area contributed by atoms with E-state index in [4.69, 9.17) is 17.2 Å². The van der Waals surface area contributed by atoms with Gasteiger partial charge < -0.3 is 27.5 Å². The van der Waals surface area contributed by atoms with Crippen LogP contribution in [0.2, 0.25) is 0 Å². The first kappa shape index (κ1) is 14.2. The van der Waals surface area contributed by atoms with Crippen molar-refractivity contribution in [2.75, 3.05) is 17.6 Å². The molecule has 8 N–H and O–H groups in total.